The summed E-state index contributed by atoms with van der Waals surface area (Å²) in [5.74, 6) is 0.953. The van der Waals surface area contributed by atoms with Crippen molar-refractivity contribution in [1.82, 2.24) is 4.90 Å². The molecule has 1 aliphatic heterocycles. The Balaban J connectivity index is 1.47. The van der Waals surface area contributed by atoms with Gasteiger partial charge in [0, 0.05) is 45.0 Å². The predicted octanol–water partition coefficient (Wildman–Crippen LogP) is 3.61. The number of hydrogen-bond donors (Lipinski definition) is 0. The lowest BCUT2D eigenvalue weighted by Gasteiger charge is -2.37. The Bertz CT molecular complexity index is 793. The maximum Gasteiger partial charge on any atom is 0.142 e. The summed E-state index contributed by atoms with van der Waals surface area (Å²) in [6, 6.07) is 18.4. The van der Waals surface area contributed by atoms with Crippen LogP contribution in [0.15, 0.2) is 48.5 Å². The number of methoxy groups -OCH3 is 1. The lowest BCUT2D eigenvalue weighted by molar-refractivity contribution is 0.255. The maximum absolute atomic E-state index is 9.11. The van der Waals surface area contributed by atoms with Crippen LogP contribution < -0.4 is 14.5 Å². The molecule has 148 valence electrons. The topological polar surface area (TPSA) is 42.7 Å². The van der Waals surface area contributed by atoms with Gasteiger partial charge in [-0.05, 0) is 50.2 Å². The second-order valence-corrected chi connectivity index (χ2v) is 7.10. The molecule has 5 nitrogen and oxygen atoms in total. The zero-order valence-electron chi connectivity index (χ0n) is 17.0. The summed E-state index contributed by atoms with van der Waals surface area (Å²) in [4.78, 5) is 7.32. The highest BCUT2D eigenvalue weighted by molar-refractivity contribution is 5.58. The molecule has 1 aliphatic rings. The summed E-state index contributed by atoms with van der Waals surface area (Å²) in [5.41, 5.74) is 3.06. The van der Waals surface area contributed by atoms with Gasteiger partial charge in [-0.2, -0.15) is 5.26 Å². The third-order valence-corrected chi connectivity index (χ3v) is 5.42. The minimum Gasteiger partial charge on any atom is -0.495 e. The second kappa shape index (κ2) is 10.0. The molecule has 0 aromatic heterocycles. The first-order chi connectivity index (χ1) is 13.7. The Morgan fingerprint density at radius 1 is 1.07 bits per heavy atom. The van der Waals surface area contributed by atoms with E-state index in [4.69, 9.17) is 10.00 Å². The van der Waals surface area contributed by atoms with Crippen LogP contribution in [0.5, 0.6) is 5.75 Å². The van der Waals surface area contributed by atoms with Crippen molar-refractivity contribution >= 4 is 11.4 Å². The molecule has 1 heterocycles. The SMILES string of the molecule is CCN(CCCN1CCN(c2ccccc2OC)CC1)c1cccc(C#N)c1. The summed E-state index contributed by atoms with van der Waals surface area (Å²) >= 11 is 0. The lowest BCUT2D eigenvalue weighted by atomic mass is 10.2. The van der Waals surface area contributed by atoms with Crippen LogP contribution in [0.4, 0.5) is 11.4 Å². The van der Waals surface area contributed by atoms with E-state index >= 15 is 0 Å². The Morgan fingerprint density at radius 3 is 2.57 bits per heavy atom. The van der Waals surface area contributed by atoms with Crippen LogP contribution >= 0.6 is 0 Å². The van der Waals surface area contributed by atoms with E-state index in [1.165, 1.54) is 5.69 Å². The summed E-state index contributed by atoms with van der Waals surface area (Å²) in [7, 11) is 1.74. The molecule has 1 saturated heterocycles. The number of piperazine rings is 1. The van der Waals surface area contributed by atoms with Gasteiger partial charge in [-0.1, -0.05) is 18.2 Å². The third kappa shape index (κ3) is 4.96. The van der Waals surface area contributed by atoms with E-state index in [1.54, 1.807) is 7.11 Å². The summed E-state index contributed by atoms with van der Waals surface area (Å²) in [5, 5.41) is 9.11. The Labute approximate surface area is 168 Å². The molecule has 0 spiro atoms. The number of nitriles is 1. The Morgan fingerprint density at radius 2 is 1.86 bits per heavy atom. The van der Waals surface area contributed by atoms with Crippen molar-refractivity contribution in [2.75, 3.05) is 62.7 Å². The number of nitrogens with zero attached hydrogens (tertiary/aromatic N) is 4. The fraction of sp³-hybridized carbons (Fsp3) is 0.435. The molecule has 3 rings (SSSR count). The fourth-order valence-corrected chi connectivity index (χ4v) is 3.83. The van der Waals surface area contributed by atoms with Gasteiger partial charge < -0.3 is 14.5 Å². The molecule has 2 aromatic rings. The number of rotatable bonds is 8. The molecule has 0 atom stereocenters. The van der Waals surface area contributed by atoms with Crippen LogP contribution in [0.1, 0.15) is 18.9 Å². The van der Waals surface area contributed by atoms with Crippen LogP contribution in [-0.2, 0) is 0 Å². The first-order valence-corrected chi connectivity index (χ1v) is 10.1. The number of ether oxygens (including phenoxy) is 1. The van der Waals surface area contributed by atoms with Crippen LogP contribution in [0.3, 0.4) is 0 Å². The Kier molecular flexibility index (Phi) is 7.16. The molecule has 0 bridgehead atoms. The summed E-state index contributed by atoms with van der Waals surface area (Å²) < 4.78 is 5.51. The zero-order valence-corrected chi connectivity index (χ0v) is 17.0. The molecular formula is C23H30N4O. The van der Waals surface area contributed by atoms with E-state index in [9.17, 15) is 0 Å². The van der Waals surface area contributed by atoms with Gasteiger partial charge >= 0.3 is 0 Å². The van der Waals surface area contributed by atoms with Gasteiger partial charge in [0.25, 0.3) is 0 Å². The molecule has 0 N–H and O–H groups in total. The summed E-state index contributed by atoms with van der Waals surface area (Å²) in [6.07, 6.45) is 1.12. The first-order valence-electron chi connectivity index (χ1n) is 10.1. The van der Waals surface area contributed by atoms with Crippen molar-refractivity contribution in [3.05, 3.63) is 54.1 Å². The summed E-state index contributed by atoms with van der Waals surface area (Å²) in [6.45, 7) is 9.46. The van der Waals surface area contributed by atoms with Crippen molar-refractivity contribution in [3.8, 4) is 11.8 Å². The van der Waals surface area contributed by atoms with Gasteiger partial charge in [0.2, 0.25) is 0 Å². The van der Waals surface area contributed by atoms with Crippen LogP contribution in [0.2, 0.25) is 0 Å². The van der Waals surface area contributed by atoms with Crippen molar-refractivity contribution in [2.24, 2.45) is 0 Å². The first kappa shape index (κ1) is 20.0. The lowest BCUT2D eigenvalue weighted by Crippen LogP contribution is -2.47. The molecule has 0 radical (unpaired) electrons. The maximum atomic E-state index is 9.11. The molecule has 28 heavy (non-hydrogen) atoms. The minimum absolute atomic E-state index is 0.725. The fourth-order valence-electron chi connectivity index (χ4n) is 3.83. The molecule has 0 amide bonds. The standard InChI is InChI=1S/C23H30N4O/c1-3-26(21-9-6-8-20(18-21)19-24)13-7-12-25-14-16-27(17-15-25)22-10-4-5-11-23(22)28-2/h4-6,8-11,18H,3,7,12-17H2,1-2H3. The number of hydrogen-bond acceptors (Lipinski definition) is 5. The third-order valence-electron chi connectivity index (χ3n) is 5.42. The molecule has 5 heteroatoms. The smallest absolute Gasteiger partial charge is 0.142 e. The van der Waals surface area contributed by atoms with Gasteiger partial charge in [0.1, 0.15) is 5.75 Å². The second-order valence-electron chi connectivity index (χ2n) is 7.10. The molecule has 0 aliphatic carbocycles. The van der Waals surface area contributed by atoms with Crippen molar-refractivity contribution in [1.29, 1.82) is 5.26 Å². The molecule has 0 unspecified atom stereocenters. The van der Waals surface area contributed by atoms with Gasteiger partial charge in [0.05, 0.1) is 24.4 Å². The van der Waals surface area contributed by atoms with Crippen LogP contribution in [-0.4, -0.2) is 57.8 Å². The van der Waals surface area contributed by atoms with E-state index in [0.717, 1.165) is 69.2 Å². The van der Waals surface area contributed by atoms with E-state index in [2.05, 4.69) is 45.9 Å². The van der Waals surface area contributed by atoms with Crippen molar-refractivity contribution < 1.29 is 4.74 Å². The average molecular weight is 379 g/mol. The van der Waals surface area contributed by atoms with Crippen molar-refractivity contribution in [2.45, 2.75) is 13.3 Å². The predicted molar refractivity (Wildman–Crippen MR) is 115 cm³/mol. The van der Waals surface area contributed by atoms with Gasteiger partial charge in [-0.25, -0.2) is 0 Å². The van der Waals surface area contributed by atoms with E-state index in [1.807, 2.05) is 30.3 Å². The quantitative estimate of drug-likeness (QED) is 0.702. The van der Waals surface area contributed by atoms with E-state index < -0.39 is 0 Å². The number of anilines is 2. The normalized spacial score (nSPS) is 14.5. The Hall–Kier alpha value is -2.71. The highest BCUT2D eigenvalue weighted by Crippen LogP contribution is 2.28. The van der Waals surface area contributed by atoms with E-state index in [-0.39, 0.29) is 0 Å². The largest absolute Gasteiger partial charge is 0.495 e. The van der Waals surface area contributed by atoms with Gasteiger partial charge in [-0.3, -0.25) is 4.90 Å². The molecule has 2 aromatic carbocycles. The average Bonchev–Trinajstić information content (AvgIpc) is 2.77. The number of para-hydroxylation sites is 2. The minimum atomic E-state index is 0.725. The van der Waals surface area contributed by atoms with E-state index in [0.29, 0.717) is 0 Å². The van der Waals surface area contributed by atoms with Gasteiger partial charge in [-0.15, -0.1) is 0 Å². The zero-order chi connectivity index (χ0) is 19.8. The molecule has 1 fully saturated rings. The number of benzene rings is 2. The highest BCUT2D eigenvalue weighted by atomic mass is 16.5. The van der Waals surface area contributed by atoms with Crippen molar-refractivity contribution in [3.63, 3.8) is 0 Å². The molecule has 0 saturated carbocycles. The van der Waals surface area contributed by atoms with Crippen LogP contribution in [0, 0.1) is 11.3 Å². The highest BCUT2D eigenvalue weighted by Gasteiger charge is 2.19. The van der Waals surface area contributed by atoms with Crippen LogP contribution in [0.25, 0.3) is 0 Å². The monoisotopic (exact) mass is 378 g/mol. The molecular weight excluding hydrogens is 348 g/mol. The van der Waals surface area contributed by atoms with Gasteiger partial charge in [0.15, 0.2) is 0 Å².